The first-order chi connectivity index (χ1) is 16.6. The second-order valence-corrected chi connectivity index (χ2v) is 8.88. The first-order valence-electron chi connectivity index (χ1n) is 11.7. The zero-order valence-electron chi connectivity index (χ0n) is 19.0. The molecule has 0 amide bonds. The molecule has 0 radical (unpaired) electrons. The van der Waals surface area contributed by atoms with Crippen molar-refractivity contribution in [3.8, 4) is 22.9 Å². The summed E-state index contributed by atoms with van der Waals surface area (Å²) < 4.78 is 18.3. The first kappa shape index (κ1) is 21.1. The minimum atomic E-state index is -0.432. The van der Waals surface area contributed by atoms with Crippen molar-refractivity contribution in [3.05, 3.63) is 50.8 Å². The summed E-state index contributed by atoms with van der Waals surface area (Å²) in [5.41, 5.74) is 11.3. The Labute approximate surface area is 195 Å². The van der Waals surface area contributed by atoms with Crippen molar-refractivity contribution < 1.29 is 19.0 Å². The maximum atomic E-state index is 13.5. The number of carbonyl (C=O) groups is 1. The molecule has 0 bridgehead atoms. The van der Waals surface area contributed by atoms with Gasteiger partial charge in [0.25, 0.3) is 5.56 Å². The lowest BCUT2D eigenvalue weighted by molar-refractivity contribution is -0.148. The van der Waals surface area contributed by atoms with Crippen molar-refractivity contribution in [3.63, 3.8) is 0 Å². The topological polar surface area (TPSA) is 118 Å². The van der Waals surface area contributed by atoms with E-state index in [1.54, 1.807) is 4.57 Å². The third-order valence-electron chi connectivity index (χ3n) is 6.98. The number of nitrogens with two attached hydrogens (primary N) is 1. The predicted molar refractivity (Wildman–Crippen MR) is 125 cm³/mol. The van der Waals surface area contributed by atoms with E-state index in [2.05, 4.69) is 5.32 Å². The van der Waals surface area contributed by atoms with Gasteiger partial charge < -0.3 is 29.8 Å². The second kappa shape index (κ2) is 8.11. The quantitative estimate of drug-likeness (QED) is 0.331. The Morgan fingerprint density at radius 1 is 1.15 bits per heavy atom. The summed E-state index contributed by atoms with van der Waals surface area (Å²) in [7, 11) is 0. The normalized spacial score (nSPS) is 17.5. The van der Waals surface area contributed by atoms with Gasteiger partial charge in [0.2, 0.25) is 6.79 Å². The number of hydrogen-bond acceptors (Lipinski definition) is 8. The molecule has 3 N–H and O–H groups in total. The van der Waals surface area contributed by atoms with Gasteiger partial charge in [-0.25, -0.2) is 4.98 Å². The largest absolute Gasteiger partial charge is 0.460 e. The number of cyclic esters (lactones) is 1. The summed E-state index contributed by atoms with van der Waals surface area (Å²) in [4.78, 5) is 30.8. The van der Waals surface area contributed by atoms with Crippen LogP contribution in [0, 0.1) is 0 Å². The van der Waals surface area contributed by atoms with E-state index in [4.69, 9.17) is 24.9 Å². The van der Waals surface area contributed by atoms with Gasteiger partial charge in [-0.05, 0) is 49.2 Å². The first-order valence-corrected chi connectivity index (χ1v) is 11.7. The van der Waals surface area contributed by atoms with Crippen LogP contribution in [0.3, 0.4) is 0 Å². The SMILES string of the molecule is CCC1C(=O)OCc2c1cc1n(c2=O)Cc2c-1nc1cc3c(cc1c2CNCCCN)OCO3. The maximum absolute atomic E-state index is 13.5. The molecule has 3 aliphatic rings. The molecule has 1 aromatic carbocycles. The highest BCUT2D eigenvalue weighted by atomic mass is 16.7. The van der Waals surface area contributed by atoms with Crippen LogP contribution in [-0.2, 0) is 29.2 Å². The smallest absolute Gasteiger partial charge is 0.313 e. The Kier molecular flexibility index (Phi) is 5.04. The van der Waals surface area contributed by atoms with Crippen LogP contribution in [0.4, 0.5) is 0 Å². The maximum Gasteiger partial charge on any atom is 0.313 e. The molecule has 3 aliphatic heterocycles. The Balaban J connectivity index is 1.55. The molecule has 9 nitrogen and oxygen atoms in total. The fraction of sp³-hybridized carbons (Fsp3) is 0.400. The number of rotatable bonds is 6. The van der Waals surface area contributed by atoms with Crippen molar-refractivity contribution in [2.24, 2.45) is 5.73 Å². The fourth-order valence-corrected chi connectivity index (χ4v) is 5.22. The van der Waals surface area contributed by atoms with Gasteiger partial charge in [0.1, 0.15) is 6.61 Å². The van der Waals surface area contributed by atoms with Gasteiger partial charge in [-0.15, -0.1) is 0 Å². The number of nitrogens with one attached hydrogen (secondary N) is 1. The summed E-state index contributed by atoms with van der Waals surface area (Å²) in [5.74, 6) is 0.651. The van der Waals surface area contributed by atoms with Gasteiger partial charge in [0.05, 0.1) is 34.9 Å². The fourth-order valence-electron chi connectivity index (χ4n) is 5.22. The van der Waals surface area contributed by atoms with Gasteiger partial charge in [-0.2, -0.15) is 0 Å². The van der Waals surface area contributed by atoms with E-state index in [1.165, 1.54) is 0 Å². The monoisotopic (exact) mass is 462 g/mol. The summed E-state index contributed by atoms with van der Waals surface area (Å²) in [6.45, 7) is 4.58. The van der Waals surface area contributed by atoms with E-state index in [0.29, 0.717) is 43.1 Å². The lowest BCUT2D eigenvalue weighted by Gasteiger charge is -2.24. The molecule has 5 heterocycles. The van der Waals surface area contributed by atoms with Crippen molar-refractivity contribution in [1.29, 1.82) is 0 Å². The van der Waals surface area contributed by atoms with Crippen molar-refractivity contribution in [2.45, 2.75) is 45.4 Å². The van der Waals surface area contributed by atoms with Gasteiger partial charge in [-0.1, -0.05) is 6.92 Å². The van der Waals surface area contributed by atoms with E-state index in [1.807, 2.05) is 25.1 Å². The molecule has 9 heteroatoms. The molecule has 0 spiro atoms. The molecule has 0 fully saturated rings. The number of esters is 1. The molecule has 6 rings (SSSR count). The Bertz CT molecular complexity index is 1400. The molecular formula is C25H26N4O5. The molecule has 1 unspecified atom stereocenters. The van der Waals surface area contributed by atoms with Crippen LogP contribution < -0.4 is 26.1 Å². The van der Waals surface area contributed by atoms with Gasteiger partial charge in [0.15, 0.2) is 11.5 Å². The number of pyridine rings is 2. The third kappa shape index (κ3) is 3.11. The average molecular weight is 463 g/mol. The minimum absolute atomic E-state index is 0.0183. The lowest BCUT2D eigenvalue weighted by atomic mass is 9.90. The molecule has 2 aromatic heterocycles. The van der Waals surface area contributed by atoms with Gasteiger partial charge in [-0.3, -0.25) is 9.59 Å². The molecule has 0 saturated carbocycles. The zero-order chi connectivity index (χ0) is 23.4. The van der Waals surface area contributed by atoms with E-state index in [0.717, 1.165) is 51.9 Å². The highest BCUT2D eigenvalue weighted by molar-refractivity contribution is 5.91. The summed E-state index contributed by atoms with van der Waals surface area (Å²) in [6.07, 6.45) is 1.45. The highest BCUT2D eigenvalue weighted by Gasteiger charge is 2.35. The molecular weight excluding hydrogens is 436 g/mol. The summed E-state index contributed by atoms with van der Waals surface area (Å²) in [6, 6.07) is 5.84. The van der Waals surface area contributed by atoms with Crippen molar-refractivity contribution in [2.75, 3.05) is 19.9 Å². The molecule has 0 aliphatic carbocycles. The van der Waals surface area contributed by atoms with Gasteiger partial charge >= 0.3 is 5.97 Å². The second-order valence-electron chi connectivity index (χ2n) is 8.88. The Morgan fingerprint density at radius 2 is 1.97 bits per heavy atom. The van der Waals surface area contributed by atoms with Crippen LogP contribution in [0.5, 0.6) is 11.5 Å². The standard InChI is InChI=1S/C25H26N4O5/c1-2-13-14-6-20-23-17(10-29(20)24(30)18(14)11-32-25(13)31)16(9-27-5-3-4-26)15-7-21-22(34-12-33-21)8-19(15)28-23/h6-8,13,27H,2-5,9-12,26H2,1H3. The van der Waals surface area contributed by atoms with Gasteiger partial charge in [0, 0.05) is 23.6 Å². The van der Waals surface area contributed by atoms with E-state index < -0.39 is 5.92 Å². The van der Waals surface area contributed by atoms with Crippen LogP contribution in [0.2, 0.25) is 0 Å². The third-order valence-corrected chi connectivity index (χ3v) is 6.98. The average Bonchev–Trinajstić information content (AvgIpc) is 3.44. The van der Waals surface area contributed by atoms with Crippen LogP contribution >= 0.6 is 0 Å². The number of fused-ring (bicyclic) bond motifs is 6. The van der Waals surface area contributed by atoms with Crippen molar-refractivity contribution >= 4 is 16.9 Å². The number of ether oxygens (including phenoxy) is 3. The van der Waals surface area contributed by atoms with Crippen LogP contribution in [0.1, 0.15) is 47.9 Å². The molecule has 34 heavy (non-hydrogen) atoms. The summed E-state index contributed by atoms with van der Waals surface area (Å²) >= 11 is 0. The lowest BCUT2D eigenvalue weighted by Crippen LogP contribution is -2.32. The molecule has 1 atom stereocenters. The Hall–Kier alpha value is -3.43. The Morgan fingerprint density at radius 3 is 2.76 bits per heavy atom. The summed E-state index contributed by atoms with van der Waals surface area (Å²) in [5, 5.41) is 4.45. The minimum Gasteiger partial charge on any atom is -0.460 e. The predicted octanol–water partition coefficient (Wildman–Crippen LogP) is 2.14. The number of nitrogens with zero attached hydrogens (tertiary/aromatic N) is 2. The van der Waals surface area contributed by atoms with E-state index in [-0.39, 0.29) is 24.9 Å². The number of aromatic nitrogens is 2. The highest BCUT2D eigenvalue weighted by Crippen LogP contribution is 2.42. The number of benzene rings is 1. The van der Waals surface area contributed by atoms with Crippen LogP contribution in [0.25, 0.3) is 22.3 Å². The molecule has 3 aromatic rings. The molecule has 176 valence electrons. The van der Waals surface area contributed by atoms with Crippen LogP contribution in [-0.4, -0.2) is 35.4 Å². The van der Waals surface area contributed by atoms with Crippen molar-refractivity contribution in [1.82, 2.24) is 14.9 Å². The van der Waals surface area contributed by atoms with Crippen LogP contribution in [0.15, 0.2) is 23.0 Å². The van der Waals surface area contributed by atoms with E-state index >= 15 is 0 Å². The zero-order valence-corrected chi connectivity index (χ0v) is 19.0. The molecule has 0 saturated heterocycles. The number of hydrogen-bond donors (Lipinski definition) is 2. The van der Waals surface area contributed by atoms with E-state index in [9.17, 15) is 9.59 Å². The number of carbonyl (C=O) groups excluding carboxylic acids is 1.